The minimum Gasteiger partial charge on any atom is -0.455 e. The standard InChI is InChI=1S/C48H57ClN8O7S/c1-30(2)36-6-4-5-7-37(36)42-29-63-19-18-57(42)33-23-48(24-33)14-16-56(17-15-48)32-8-9-38(43(20-32)64-34-21-39-40(49)28-53-44(39)51-26-34)46(58)55-65(61,62)35-22-41(54-60)45(52-27-35)50-25-31-10-12-47(3,59)13-11-31/h4-9,20-22,26-28,30-31,33,42,59H,10-19,23-25,29H2,1-3H3,(H,50,52)(H,51,53)(H,55,58)/t31-,42-,47-/m1/s1. The van der Waals surface area contributed by atoms with Gasteiger partial charge in [-0.1, -0.05) is 49.7 Å². The van der Waals surface area contributed by atoms with E-state index in [2.05, 4.69) is 78.1 Å². The number of amides is 1. The molecule has 4 fully saturated rings. The highest BCUT2D eigenvalue weighted by Gasteiger charge is 2.49. The van der Waals surface area contributed by atoms with Gasteiger partial charge < -0.3 is 29.8 Å². The molecule has 17 heteroatoms. The Kier molecular flexibility index (Phi) is 12.7. The van der Waals surface area contributed by atoms with Crippen molar-refractivity contribution < 1.29 is 27.8 Å². The van der Waals surface area contributed by atoms with Crippen molar-refractivity contribution in [2.45, 2.75) is 101 Å². The van der Waals surface area contributed by atoms with Crippen LogP contribution in [0, 0.1) is 16.2 Å². The summed E-state index contributed by atoms with van der Waals surface area (Å²) in [5.41, 5.74) is 3.50. The molecule has 1 amide bonds. The molecule has 2 saturated carbocycles. The summed E-state index contributed by atoms with van der Waals surface area (Å²) in [5, 5.41) is 17.5. The van der Waals surface area contributed by atoms with Crippen molar-refractivity contribution in [1.82, 2.24) is 24.6 Å². The average Bonchev–Trinajstić information content (AvgIpc) is 3.66. The van der Waals surface area contributed by atoms with Crippen molar-refractivity contribution in [3.63, 3.8) is 0 Å². The van der Waals surface area contributed by atoms with Gasteiger partial charge in [0.2, 0.25) is 0 Å². The molecule has 2 aliphatic heterocycles. The first kappa shape index (κ1) is 45.0. The number of ether oxygens (including phenoxy) is 2. The highest BCUT2D eigenvalue weighted by Crippen LogP contribution is 2.53. The number of anilines is 2. The van der Waals surface area contributed by atoms with E-state index in [1.165, 1.54) is 17.3 Å². The fourth-order valence-electron chi connectivity index (χ4n) is 10.4. The second-order valence-corrected chi connectivity index (χ2v) is 21.1. The number of aromatic amines is 1. The van der Waals surface area contributed by atoms with Crippen molar-refractivity contribution in [1.29, 1.82) is 0 Å². The number of fused-ring (bicyclic) bond motifs is 1. The quantitative estimate of drug-likeness (QED) is 0.0820. The minimum absolute atomic E-state index is 0.0292. The van der Waals surface area contributed by atoms with E-state index in [1.807, 2.05) is 13.0 Å². The van der Waals surface area contributed by atoms with Crippen LogP contribution in [0.4, 0.5) is 17.2 Å². The Morgan fingerprint density at radius 3 is 2.57 bits per heavy atom. The third kappa shape index (κ3) is 9.59. The summed E-state index contributed by atoms with van der Waals surface area (Å²) in [7, 11) is -4.53. The second kappa shape index (κ2) is 18.3. The van der Waals surface area contributed by atoms with Crippen LogP contribution in [0.2, 0.25) is 5.02 Å². The van der Waals surface area contributed by atoms with Gasteiger partial charge in [0.1, 0.15) is 22.0 Å². The summed E-state index contributed by atoms with van der Waals surface area (Å²) in [5.74, 6) is 0.309. The number of H-pyrrole nitrogens is 1. The first-order valence-corrected chi connectivity index (χ1v) is 24.5. The topological polar surface area (TPSA) is 191 Å². The lowest BCUT2D eigenvalue weighted by molar-refractivity contribution is -0.0912. The molecule has 2 aromatic carbocycles. The molecule has 4 N–H and O–H groups in total. The molecular formula is C48H57ClN8O7S. The van der Waals surface area contributed by atoms with Crippen LogP contribution in [0.5, 0.6) is 11.5 Å². The van der Waals surface area contributed by atoms with E-state index in [-0.39, 0.29) is 40.2 Å². The van der Waals surface area contributed by atoms with E-state index in [4.69, 9.17) is 21.1 Å². The Labute approximate surface area is 384 Å². The number of halogens is 1. The van der Waals surface area contributed by atoms with Gasteiger partial charge in [-0.2, -0.15) is 0 Å². The number of aliphatic hydroxyl groups is 1. The van der Waals surface area contributed by atoms with Gasteiger partial charge in [0.25, 0.3) is 15.9 Å². The van der Waals surface area contributed by atoms with E-state index in [9.17, 15) is 23.2 Å². The van der Waals surface area contributed by atoms with Gasteiger partial charge in [-0.25, -0.2) is 23.1 Å². The molecular weight excluding hydrogens is 868 g/mol. The molecule has 65 heavy (non-hydrogen) atoms. The summed E-state index contributed by atoms with van der Waals surface area (Å²) in [6.07, 6.45) is 11.5. The van der Waals surface area contributed by atoms with Gasteiger partial charge in [-0.15, -0.1) is 4.91 Å². The Morgan fingerprint density at radius 2 is 1.82 bits per heavy atom. The highest BCUT2D eigenvalue weighted by atomic mass is 35.5. The zero-order valence-corrected chi connectivity index (χ0v) is 38.6. The number of nitroso groups, excluding NO2 is 1. The van der Waals surface area contributed by atoms with Gasteiger partial charge in [0, 0.05) is 61.8 Å². The van der Waals surface area contributed by atoms with Crippen LogP contribution in [-0.4, -0.2) is 90.3 Å². The molecule has 2 saturated heterocycles. The molecule has 0 unspecified atom stereocenters. The number of sulfonamides is 1. The SMILES string of the molecule is CC(C)c1ccccc1[C@H]1COCCN1C1CC2(CCN(c3ccc(C(=O)NS(=O)(=O)c4cnc(NC[C@H]5CC[C@](C)(O)CC5)c(N=O)c4)c(Oc4cnc5[nH]cc(Cl)c5c4)c3)CC2)C1. The van der Waals surface area contributed by atoms with Crippen LogP contribution >= 0.6 is 11.6 Å². The summed E-state index contributed by atoms with van der Waals surface area (Å²) in [6.45, 7) is 10.8. The smallest absolute Gasteiger partial charge is 0.268 e. The summed E-state index contributed by atoms with van der Waals surface area (Å²) in [4.78, 5) is 42.1. The van der Waals surface area contributed by atoms with E-state index >= 15 is 0 Å². The second-order valence-electron chi connectivity index (χ2n) is 19.0. The number of rotatable bonds is 13. The Balaban J connectivity index is 0.899. The number of nitrogens with zero attached hydrogens (tertiary/aromatic N) is 5. The first-order valence-electron chi connectivity index (χ1n) is 22.7. The Hall–Kier alpha value is -5.13. The predicted octanol–water partition coefficient (Wildman–Crippen LogP) is 9.22. The Bertz CT molecular complexity index is 2670. The number of hydrogen-bond acceptors (Lipinski definition) is 13. The third-order valence-corrected chi connectivity index (χ3v) is 15.9. The van der Waals surface area contributed by atoms with Crippen LogP contribution in [0.1, 0.15) is 106 Å². The van der Waals surface area contributed by atoms with Crippen LogP contribution in [0.15, 0.2) is 83.3 Å². The number of hydrogen-bond donors (Lipinski definition) is 4. The van der Waals surface area contributed by atoms with E-state index in [1.54, 1.807) is 24.4 Å². The van der Waals surface area contributed by atoms with E-state index < -0.39 is 26.4 Å². The molecule has 1 spiro atoms. The molecule has 0 radical (unpaired) electrons. The van der Waals surface area contributed by atoms with Crippen molar-refractivity contribution in [2.75, 3.05) is 49.6 Å². The largest absolute Gasteiger partial charge is 0.455 e. The molecule has 3 aromatic heterocycles. The molecule has 1 atom stereocenters. The predicted molar refractivity (Wildman–Crippen MR) is 251 cm³/mol. The number of aromatic nitrogens is 3. The van der Waals surface area contributed by atoms with E-state index in [0.717, 1.165) is 82.7 Å². The number of carbonyl (C=O) groups is 1. The number of benzene rings is 2. The molecule has 4 aliphatic rings. The van der Waals surface area contributed by atoms with Crippen molar-refractivity contribution in [3.8, 4) is 11.5 Å². The highest BCUT2D eigenvalue weighted by molar-refractivity contribution is 7.90. The average molecular weight is 926 g/mol. The molecule has 344 valence electrons. The lowest BCUT2D eigenvalue weighted by Crippen LogP contribution is -2.58. The lowest BCUT2D eigenvalue weighted by atomic mass is 9.59. The number of morpholine rings is 1. The first-order chi connectivity index (χ1) is 31.2. The normalized spacial score (nSPS) is 22.8. The number of piperidine rings is 1. The summed E-state index contributed by atoms with van der Waals surface area (Å²) >= 11 is 6.41. The molecule has 5 heterocycles. The number of pyridine rings is 2. The van der Waals surface area contributed by atoms with Crippen molar-refractivity contribution >= 4 is 55.8 Å². The van der Waals surface area contributed by atoms with Gasteiger partial charge in [0.15, 0.2) is 11.5 Å². The fourth-order valence-corrected chi connectivity index (χ4v) is 11.5. The number of nitrogens with one attached hydrogen (secondary N) is 3. The minimum atomic E-state index is -4.53. The van der Waals surface area contributed by atoms with Crippen LogP contribution in [0.25, 0.3) is 11.0 Å². The fraction of sp³-hybridized carbons (Fsp3) is 0.479. The summed E-state index contributed by atoms with van der Waals surface area (Å²) < 4.78 is 42.0. The summed E-state index contributed by atoms with van der Waals surface area (Å²) in [6, 6.07) is 17.5. The molecule has 0 bridgehead atoms. The van der Waals surface area contributed by atoms with Gasteiger partial charge in [-0.05, 0) is 116 Å². The van der Waals surface area contributed by atoms with Crippen molar-refractivity contribution in [3.05, 3.63) is 99.8 Å². The van der Waals surface area contributed by atoms with Crippen molar-refractivity contribution in [2.24, 2.45) is 16.5 Å². The van der Waals surface area contributed by atoms with Crippen LogP contribution in [-0.2, 0) is 14.8 Å². The zero-order valence-electron chi connectivity index (χ0n) is 37.1. The monoisotopic (exact) mass is 924 g/mol. The molecule has 2 aliphatic carbocycles. The third-order valence-electron chi connectivity index (χ3n) is 14.3. The number of carbonyl (C=O) groups excluding carboxylic acids is 1. The molecule has 9 rings (SSSR count). The van der Waals surface area contributed by atoms with Gasteiger partial charge in [0.05, 0.1) is 41.6 Å². The maximum absolute atomic E-state index is 14.0. The zero-order chi connectivity index (χ0) is 45.5. The van der Waals surface area contributed by atoms with Gasteiger partial charge >= 0.3 is 0 Å². The Morgan fingerprint density at radius 1 is 1.05 bits per heavy atom. The maximum Gasteiger partial charge on any atom is 0.268 e. The van der Waals surface area contributed by atoms with Gasteiger partial charge in [-0.3, -0.25) is 9.69 Å². The van der Waals surface area contributed by atoms with Crippen LogP contribution < -0.4 is 19.7 Å². The molecule has 5 aromatic rings. The van der Waals surface area contributed by atoms with Crippen LogP contribution in [0.3, 0.4) is 0 Å². The maximum atomic E-state index is 14.0. The lowest BCUT2D eigenvalue weighted by Gasteiger charge is -2.57. The molecule has 15 nitrogen and oxygen atoms in total. The van der Waals surface area contributed by atoms with E-state index in [0.29, 0.717) is 59.8 Å².